The Morgan fingerprint density at radius 3 is 2.41 bits per heavy atom. The number of carbonyl (C=O) groups excluding carboxylic acids is 2. The van der Waals surface area contributed by atoms with Crippen molar-refractivity contribution in [3.8, 4) is 0 Å². The lowest BCUT2D eigenvalue weighted by molar-refractivity contribution is -0.145. The molecule has 1 aliphatic rings. The number of carbonyl (C=O) groups is 3. The van der Waals surface area contributed by atoms with E-state index in [1.54, 1.807) is 17.0 Å². The summed E-state index contributed by atoms with van der Waals surface area (Å²) in [7, 11) is 0. The van der Waals surface area contributed by atoms with E-state index < -0.39 is 11.5 Å². The zero-order valence-corrected chi connectivity index (χ0v) is 12.8. The van der Waals surface area contributed by atoms with Crippen molar-refractivity contribution >= 4 is 23.5 Å². The highest BCUT2D eigenvalue weighted by Gasteiger charge is 2.28. The fourth-order valence-corrected chi connectivity index (χ4v) is 2.35. The van der Waals surface area contributed by atoms with E-state index in [1.165, 1.54) is 13.8 Å². The first-order valence-corrected chi connectivity index (χ1v) is 7.23. The van der Waals surface area contributed by atoms with Gasteiger partial charge in [-0.25, -0.2) is 4.79 Å². The standard InChI is InChI=1S/C16H20N2O4/c1-16(2,15(21)22)17-13(19)10-11-5-7-12(8-6-11)18-9-3-4-14(18)20/h5-8H,3-4,9-10H2,1-2H3,(H,17,19)(H,21,22). The molecule has 1 aromatic carbocycles. The molecule has 0 radical (unpaired) electrons. The summed E-state index contributed by atoms with van der Waals surface area (Å²) < 4.78 is 0. The molecule has 1 saturated heterocycles. The highest BCUT2D eigenvalue weighted by Crippen LogP contribution is 2.21. The van der Waals surface area contributed by atoms with Crippen molar-refractivity contribution in [3.05, 3.63) is 29.8 Å². The normalized spacial score (nSPS) is 15.0. The number of hydrogen-bond donors (Lipinski definition) is 2. The van der Waals surface area contributed by atoms with E-state index >= 15 is 0 Å². The molecule has 1 heterocycles. The third kappa shape index (κ3) is 3.63. The molecule has 1 fully saturated rings. The van der Waals surface area contributed by atoms with Gasteiger partial charge in [0.2, 0.25) is 11.8 Å². The smallest absolute Gasteiger partial charge is 0.328 e. The van der Waals surface area contributed by atoms with Gasteiger partial charge in [0.25, 0.3) is 0 Å². The lowest BCUT2D eigenvalue weighted by atomic mass is 10.0. The summed E-state index contributed by atoms with van der Waals surface area (Å²) in [5, 5.41) is 11.5. The zero-order valence-electron chi connectivity index (χ0n) is 12.8. The predicted octanol–water partition coefficient (Wildman–Crippen LogP) is 1.34. The van der Waals surface area contributed by atoms with Crippen LogP contribution in [0.25, 0.3) is 0 Å². The second-order valence-corrected chi connectivity index (χ2v) is 5.97. The minimum absolute atomic E-state index is 0.102. The monoisotopic (exact) mass is 304 g/mol. The summed E-state index contributed by atoms with van der Waals surface area (Å²) >= 11 is 0. The minimum atomic E-state index is -1.29. The van der Waals surface area contributed by atoms with E-state index in [4.69, 9.17) is 5.11 Å². The molecule has 6 nitrogen and oxygen atoms in total. The van der Waals surface area contributed by atoms with Crippen molar-refractivity contribution < 1.29 is 19.5 Å². The van der Waals surface area contributed by atoms with Gasteiger partial charge >= 0.3 is 5.97 Å². The van der Waals surface area contributed by atoms with E-state index in [0.717, 1.165) is 24.2 Å². The largest absolute Gasteiger partial charge is 0.480 e. The van der Waals surface area contributed by atoms with Gasteiger partial charge < -0.3 is 15.3 Å². The van der Waals surface area contributed by atoms with Crippen LogP contribution in [-0.2, 0) is 20.8 Å². The quantitative estimate of drug-likeness (QED) is 0.859. The van der Waals surface area contributed by atoms with Crippen LogP contribution < -0.4 is 10.2 Å². The Morgan fingerprint density at radius 1 is 1.27 bits per heavy atom. The summed E-state index contributed by atoms with van der Waals surface area (Å²) in [6, 6.07) is 7.20. The maximum atomic E-state index is 11.9. The fraction of sp³-hybridized carbons (Fsp3) is 0.438. The number of aliphatic carboxylic acids is 1. The molecular weight excluding hydrogens is 284 g/mol. The number of rotatable bonds is 5. The Kier molecular flexibility index (Phi) is 4.49. The fourth-order valence-electron chi connectivity index (χ4n) is 2.35. The maximum absolute atomic E-state index is 11.9. The number of carboxylic acids is 1. The molecule has 1 aliphatic heterocycles. The van der Waals surface area contributed by atoms with Crippen molar-refractivity contribution in [2.75, 3.05) is 11.4 Å². The second kappa shape index (κ2) is 6.17. The van der Waals surface area contributed by atoms with E-state index in [9.17, 15) is 14.4 Å². The van der Waals surface area contributed by atoms with Crippen LogP contribution in [-0.4, -0.2) is 35.0 Å². The first-order chi connectivity index (χ1) is 10.3. The number of nitrogens with zero attached hydrogens (tertiary/aromatic N) is 1. The molecular formula is C16H20N2O4. The molecule has 2 N–H and O–H groups in total. The Balaban J connectivity index is 1.98. The SMILES string of the molecule is CC(C)(NC(=O)Cc1ccc(N2CCCC2=O)cc1)C(=O)O. The Labute approximate surface area is 129 Å². The number of hydrogen-bond acceptors (Lipinski definition) is 3. The van der Waals surface area contributed by atoms with Crippen LogP contribution in [0.1, 0.15) is 32.3 Å². The maximum Gasteiger partial charge on any atom is 0.328 e. The Bertz CT molecular complexity index is 593. The molecule has 0 spiro atoms. The van der Waals surface area contributed by atoms with Gasteiger partial charge in [0.15, 0.2) is 0 Å². The second-order valence-electron chi connectivity index (χ2n) is 5.97. The molecule has 2 amide bonds. The predicted molar refractivity (Wildman–Crippen MR) is 81.6 cm³/mol. The van der Waals surface area contributed by atoms with Gasteiger partial charge in [-0.2, -0.15) is 0 Å². The van der Waals surface area contributed by atoms with Crippen molar-refractivity contribution in [1.29, 1.82) is 0 Å². The van der Waals surface area contributed by atoms with Gasteiger partial charge in [-0.15, -0.1) is 0 Å². The topological polar surface area (TPSA) is 86.7 Å². The highest BCUT2D eigenvalue weighted by atomic mass is 16.4. The van der Waals surface area contributed by atoms with Crippen molar-refractivity contribution in [1.82, 2.24) is 5.32 Å². The first-order valence-electron chi connectivity index (χ1n) is 7.23. The van der Waals surface area contributed by atoms with Crippen LogP contribution in [0.3, 0.4) is 0 Å². The van der Waals surface area contributed by atoms with Gasteiger partial charge in [0, 0.05) is 18.7 Å². The molecule has 118 valence electrons. The van der Waals surface area contributed by atoms with E-state index in [-0.39, 0.29) is 18.2 Å². The van der Waals surface area contributed by atoms with Crippen molar-refractivity contribution in [2.45, 2.75) is 38.6 Å². The number of anilines is 1. The molecule has 2 rings (SSSR count). The molecule has 0 bridgehead atoms. The molecule has 0 aliphatic carbocycles. The molecule has 22 heavy (non-hydrogen) atoms. The van der Waals surface area contributed by atoms with Crippen LogP contribution in [0.5, 0.6) is 0 Å². The minimum Gasteiger partial charge on any atom is -0.480 e. The number of amides is 2. The molecule has 6 heteroatoms. The van der Waals surface area contributed by atoms with Crippen molar-refractivity contribution in [2.24, 2.45) is 0 Å². The third-order valence-electron chi connectivity index (χ3n) is 3.67. The Hall–Kier alpha value is -2.37. The third-order valence-corrected chi connectivity index (χ3v) is 3.67. The Morgan fingerprint density at radius 2 is 1.91 bits per heavy atom. The van der Waals surface area contributed by atoms with Crippen LogP contribution in [0, 0.1) is 0 Å². The summed E-state index contributed by atoms with van der Waals surface area (Å²) in [5.41, 5.74) is 0.311. The van der Waals surface area contributed by atoms with E-state index in [1.807, 2.05) is 12.1 Å². The average molecular weight is 304 g/mol. The summed E-state index contributed by atoms with van der Waals surface area (Å²) in [5.74, 6) is -1.31. The van der Waals surface area contributed by atoms with Crippen LogP contribution in [0.15, 0.2) is 24.3 Å². The van der Waals surface area contributed by atoms with Crippen LogP contribution in [0.2, 0.25) is 0 Å². The van der Waals surface area contributed by atoms with Gasteiger partial charge in [-0.3, -0.25) is 9.59 Å². The average Bonchev–Trinajstić information content (AvgIpc) is 2.85. The molecule has 0 saturated carbocycles. The van der Waals surface area contributed by atoms with E-state index in [0.29, 0.717) is 6.42 Å². The lowest BCUT2D eigenvalue weighted by Crippen LogP contribution is -2.50. The molecule has 0 atom stereocenters. The summed E-state index contributed by atoms with van der Waals surface area (Å²) in [6.45, 7) is 3.61. The van der Waals surface area contributed by atoms with Crippen LogP contribution >= 0.6 is 0 Å². The highest BCUT2D eigenvalue weighted by molar-refractivity contribution is 5.95. The number of benzene rings is 1. The van der Waals surface area contributed by atoms with E-state index in [2.05, 4.69) is 5.32 Å². The lowest BCUT2D eigenvalue weighted by Gasteiger charge is -2.21. The molecule has 0 aromatic heterocycles. The summed E-state index contributed by atoms with van der Waals surface area (Å²) in [4.78, 5) is 36.3. The summed E-state index contributed by atoms with van der Waals surface area (Å²) in [6.07, 6.45) is 1.55. The number of nitrogens with one attached hydrogen (secondary N) is 1. The van der Waals surface area contributed by atoms with Gasteiger partial charge in [-0.1, -0.05) is 12.1 Å². The van der Waals surface area contributed by atoms with Gasteiger partial charge in [0.05, 0.1) is 6.42 Å². The zero-order chi connectivity index (χ0) is 16.3. The first kappa shape index (κ1) is 16.0. The van der Waals surface area contributed by atoms with Gasteiger partial charge in [0.1, 0.15) is 5.54 Å². The molecule has 0 unspecified atom stereocenters. The van der Waals surface area contributed by atoms with Gasteiger partial charge in [-0.05, 0) is 38.0 Å². The molecule has 1 aromatic rings. The number of carboxylic acid groups (broad SMARTS) is 1. The van der Waals surface area contributed by atoms with Crippen LogP contribution in [0.4, 0.5) is 5.69 Å². The van der Waals surface area contributed by atoms with Crippen molar-refractivity contribution in [3.63, 3.8) is 0 Å².